The van der Waals surface area contributed by atoms with Gasteiger partial charge in [0.2, 0.25) is 5.91 Å². The summed E-state index contributed by atoms with van der Waals surface area (Å²) in [6.07, 6.45) is 1.75. The minimum absolute atomic E-state index is 0.00583. The zero-order valence-corrected chi connectivity index (χ0v) is 16.1. The molecule has 1 saturated heterocycles. The van der Waals surface area contributed by atoms with E-state index >= 15 is 0 Å². The van der Waals surface area contributed by atoms with Gasteiger partial charge in [-0.2, -0.15) is 0 Å². The van der Waals surface area contributed by atoms with Gasteiger partial charge < -0.3 is 14.8 Å². The molecule has 1 aliphatic heterocycles. The van der Waals surface area contributed by atoms with Crippen molar-refractivity contribution in [1.82, 2.24) is 14.8 Å². The quantitative estimate of drug-likeness (QED) is 0.879. The maximum absolute atomic E-state index is 12.4. The molecule has 1 aliphatic rings. The lowest BCUT2D eigenvalue weighted by Gasteiger charge is -2.34. The van der Waals surface area contributed by atoms with Crippen LogP contribution in [-0.2, 0) is 10.5 Å². The summed E-state index contributed by atoms with van der Waals surface area (Å²) < 4.78 is 0. The highest BCUT2D eigenvalue weighted by Gasteiger charge is 2.24. The normalized spacial score (nSPS) is 14.5. The second-order valence-electron chi connectivity index (χ2n) is 6.75. The first-order chi connectivity index (χ1) is 12.5. The molecule has 1 N–H and O–H groups in total. The number of aryl methyl sites for hydroxylation is 2. The Hall–Kier alpha value is -2.21. The van der Waals surface area contributed by atoms with Crippen LogP contribution in [0.4, 0.5) is 0 Å². The number of aromatic nitrogens is 1. The van der Waals surface area contributed by atoms with Crippen molar-refractivity contribution in [3.63, 3.8) is 0 Å². The van der Waals surface area contributed by atoms with Crippen LogP contribution in [0.3, 0.4) is 0 Å². The van der Waals surface area contributed by atoms with Crippen LogP contribution in [0.15, 0.2) is 36.5 Å². The number of piperazine rings is 1. The first-order valence-corrected chi connectivity index (χ1v) is 10.0. The summed E-state index contributed by atoms with van der Waals surface area (Å²) in [6.45, 7) is 6.59. The van der Waals surface area contributed by atoms with Gasteiger partial charge >= 0.3 is 0 Å². The summed E-state index contributed by atoms with van der Waals surface area (Å²) in [5, 5.41) is 0. The van der Waals surface area contributed by atoms with Crippen molar-refractivity contribution in [2.45, 2.75) is 19.6 Å². The van der Waals surface area contributed by atoms with E-state index in [1.165, 1.54) is 16.7 Å². The monoisotopic (exact) mass is 371 g/mol. The molecule has 1 aromatic heterocycles. The molecular weight excluding hydrogens is 346 g/mol. The van der Waals surface area contributed by atoms with Crippen molar-refractivity contribution in [2.75, 3.05) is 31.9 Å². The predicted octanol–water partition coefficient (Wildman–Crippen LogP) is 2.85. The second-order valence-corrected chi connectivity index (χ2v) is 7.73. The second kappa shape index (κ2) is 8.45. The molecule has 0 bridgehead atoms. The standard InChI is InChI=1S/C20H25N3O2S/c1-15-10-16(2)12-17(11-15)13-26-14-19(24)22-6-8-23(9-7-22)20(25)18-4-3-5-21-18/h3-5,10-12,21H,6-9,13-14H2,1-2H3. The van der Waals surface area contributed by atoms with Gasteiger partial charge in [0, 0.05) is 38.1 Å². The van der Waals surface area contributed by atoms with Crippen molar-refractivity contribution in [1.29, 1.82) is 0 Å². The number of nitrogens with zero attached hydrogens (tertiary/aromatic N) is 2. The Morgan fingerprint density at radius 1 is 1.04 bits per heavy atom. The third-order valence-corrected chi connectivity index (χ3v) is 5.51. The Morgan fingerprint density at radius 3 is 2.31 bits per heavy atom. The van der Waals surface area contributed by atoms with E-state index in [2.05, 4.69) is 37.0 Å². The van der Waals surface area contributed by atoms with Crippen LogP contribution in [0.5, 0.6) is 0 Å². The number of hydrogen-bond donors (Lipinski definition) is 1. The Kier molecular flexibility index (Phi) is 6.04. The highest BCUT2D eigenvalue weighted by atomic mass is 32.2. The number of H-pyrrole nitrogens is 1. The summed E-state index contributed by atoms with van der Waals surface area (Å²) in [4.78, 5) is 31.3. The Labute approximate surface area is 158 Å². The number of aromatic amines is 1. The summed E-state index contributed by atoms with van der Waals surface area (Å²) in [5.41, 5.74) is 4.39. The Bertz CT molecular complexity index is 745. The van der Waals surface area contributed by atoms with Gasteiger partial charge in [0.15, 0.2) is 0 Å². The third kappa shape index (κ3) is 4.69. The average molecular weight is 372 g/mol. The molecular formula is C20H25N3O2S. The number of thioether (sulfide) groups is 1. The molecule has 0 saturated carbocycles. The van der Waals surface area contributed by atoms with Gasteiger partial charge in [0.25, 0.3) is 5.91 Å². The van der Waals surface area contributed by atoms with Crippen molar-refractivity contribution in [3.8, 4) is 0 Å². The van der Waals surface area contributed by atoms with Gasteiger partial charge in [0.05, 0.1) is 5.75 Å². The molecule has 2 amide bonds. The van der Waals surface area contributed by atoms with Crippen LogP contribution in [0.2, 0.25) is 0 Å². The SMILES string of the molecule is Cc1cc(C)cc(CSCC(=O)N2CCN(C(=O)c3ccc[nH]3)CC2)c1. The van der Waals surface area contributed by atoms with E-state index in [0.29, 0.717) is 37.6 Å². The molecule has 0 spiro atoms. The molecule has 3 rings (SSSR count). The van der Waals surface area contributed by atoms with Crippen LogP contribution < -0.4 is 0 Å². The van der Waals surface area contributed by atoms with Gasteiger partial charge in [-0.25, -0.2) is 0 Å². The van der Waals surface area contributed by atoms with E-state index in [1.54, 1.807) is 28.9 Å². The van der Waals surface area contributed by atoms with E-state index in [-0.39, 0.29) is 11.8 Å². The van der Waals surface area contributed by atoms with Gasteiger partial charge in [-0.3, -0.25) is 9.59 Å². The van der Waals surface area contributed by atoms with Crippen molar-refractivity contribution < 1.29 is 9.59 Å². The molecule has 0 atom stereocenters. The van der Waals surface area contributed by atoms with Crippen molar-refractivity contribution >= 4 is 23.6 Å². The fourth-order valence-corrected chi connectivity index (χ4v) is 4.15. The molecule has 0 unspecified atom stereocenters. The van der Waals surface area contributed by atoms with E-state index in [0.717, 1.165) is 5.75 Å². The number of rotatable bonds is 5. The topological polar surface area (TPSA) is 56.4 Å². The molecule has 1 aromatic carbocycles. The number of benzene rings is 1. The fourth-order valence-electron chi connectivity index (χ4n) is 3.29. The molecule has 0 radical (unpaired) electrons. The zero-order chi connectivity index (χ0) is 18.5. The van der Waals surface area contributed by atoms with E-state index in [4.69, 9.17) is 0 Å². The summed E-state index contributed by atoms with van der Waals surface area (Å²) in [6, 6.07) is 10.1. The molecule has 6 heteroatoms. The van der Waals surface area contributed by atoms with Gasteiger partial charge in [-0.15, -0.1) is 11.8 Å². The largest absolute Gasteiger partial charge is 0.357 e. The maximum Gasteiger partial charge on any atom is 0.270 e. The predicted molar refractivity (Wildman–Crippen MR) is 105 cm³/mol. The average Bonchev–Trinajstić information content (AvgIpc) is 3.15. The van der Waals surface area contributed by atoms with Gasteiger partial charge in [-0.1, -0.05) is 29.3 Å². The van der Waals surface area contributed by atoms with Gasteiger partial charge in [-0.05, 0) is 31.5 Å². The Morgan fingerprint density at radius 2 is 1.69 bits per heavy atom. The smallest absolute Gasteiger partial charge is 0.270 e. The molecule has 0 aliphatic carbocycles. The first-order valence-electron chi connectivity index (χ1n) is 8.88. The third-order valence-electron chi connectivity index (χ3n) is 4.52. The molecule has 2 heterocycles. The van der Waals surface area contributed by atoms with E-state index < -0.39 is 0 Å². The highest BCUT2D eigenvalue weighted by molar-refractivity contribution is 7.99. The zero-order valence-electron chi connectivity index (χ0n) is 15.3. The van der Waals surface area contributed by atoms with Crippen LogP contribution in [-0.4, -0.2) is 58.5 Å². The number of carbonyl (C=O) groups is 2. The molecule has 26 heavy (non-hydrogen) atoms. The van der Waals surface area contributed by atoms with Crippen LogP contribution >= 0.6 is 11.8 Å². The number of hydrogen-bond acceptors (Lipinski definition) is 3. The molecule has 1 fully saturated rings. The van der Waals surface area contributed by atoms with Crippen molar-refractivity contribution in [3.05, 3.63) is 58.9 Å². The highest BCUT2D eigenvalue weighted by Crippen LogP contribution is 2.17. The van der Waals surface area contributed by atoms with E-state index in [9.17, 15) is 9.59 Å². The van der Waals surface area contributed by atoms with Crippen LogP contribution in [0.1, 0.15) is 27.2 Å². The lowest BCUT2D eigenvalue weighted by Crippen LogP contribution is -2.51. The number of carbonyl (C=O) groups excluding carboxylic acids is 2. The van der Waals surface area contributed by atoms with E-state index in [1.807, 2.05) is 11.0 Å². The molecule has 2 aromatic rings. The molecule has 138 valence electrons. The van der Waals surface area contributed by atoms with Crippen molar-refractivity contribution in [2.24, 2.45) is 0 Å². The minimum Gasteiger partial charge on any atom is -0.357 e. The fraction of sp³-hybridized carbons (Fsp3) is 0.400. The minimum atomic E-state index is 0.00583. The lowest BCUT2D eigenvalue weighted by atomic mass is 10.1. The first kappa shape index (κ1) is 18.6. The number of amides is 2. The van der Waals surface area contributed by atoms with Crippen LogP contribution in [0.25, 0.3) is 0 Å². The summed E-state index contributed by atoms with van der Waals surface area (Å²) in [5.74, 6) is 1.49. The Balaban J connectivity index is 1.43. The molecule has 5 nitrogen and oxygen atoms in total. The van der Waals surface area contributed by atoms with Gasteiger partial charge in [0.1, 0.15) is 5.69 Å². The summed E-state index contributed by atoms with van der Waals surface area (Å²) >= 11 is 1.65. The summed E-state index contributed by atoms with van der Waals surface area (Å²) in [7, 11) is 0. The van der Waals surface area contributed by atoms with Crippen LogP contribution in [0, 0.1) is 13.8 Å². The lowest BCUT2D eigenvalue weighted by molar-refractivity contribution is -0.129. The maximum atomic E-state index is 12.4. The number of nitrogens with one attached hydrogen (secondary N) is 1.